The Hall–Kier alpha value is -1.35. The molecule has 2 aliphatic rings. The van der Waals surface area contributed by atoms with Crippen LogP contribution in [0, 0.1) is 0 Å². The van der Waals surface area contributed by atoms with E-state index < -0.39 is 5.54 Å². The molecule has 90 valence electrons. The lowest BCUT2D eigenvalue weighted by Gasteiger charge is -2.37. The molecule has 1 fully saturated rings. The minimum atomic E-state index is -0.586. The molecule has 3 nitrogen and oxygen atoms in total. The first-order valence-electron chi connectivity index (χ1n) is 6.37. The summed E-state index contributed by atoms with van der Waals surface area (Å²) in [5.74, 6) is 0.0328. The van der Waals surface area contributed by atoms with E-state index in [1.165, 1.54) is 11.1 Å². The highest BCUT2D eigenvalue weighted by atomic mass is 16.2. The van der Waals surface area contributed by atoms with E-state index in [9.17, 15) is 4.79 Å². The highest BCUT2D eigenvalue weighted by Crippen LogP contribution is 2.34. The molecule has 3 N–H and O–H groups in total. The minimum Gasteiger partial charge on any atom is -0.348 e. The molecule has 1 unspecified atom stereocenters. The van der Waals surface area contributed by atoms with Crippen molar-refractivity contribution in [3.8, 4) is 0 Å². The van der Waals surface area contributed by atoms with Gasteiger partial charge in [0.15, 0.2) is 0 Å². The van der Waals surface area contributed by atoms with Crippen molar-refractivity contribution < 1.29 is 4.79 Å². The van der Waals surface area contributed by atoms with E-state index in [0.717, 1.165) is 32.1 Å². The molecule has 0 heterocycles. The largest absolute Gasteiger partial charge is 0.348 e. The third-order valence-electron chi connectivity index (χ3n) is 4.14. The van der Waals surface area contributed by atoms with Gasteiger partial charge >= 0.3 is 0 Å². The molecule has 0 radical (unpaired) electrons. The van der Waals surface area contributed by atoms with Crippen molar-refractivity contribution >= 4 is 5.91 Å². The molecule has 17 heavy (non-hydrogen) atoms. The fraction of sp³-hybridized carbons (Fsp3) is 0.500. The van der Waals surface area contributed by atoms with Crippen molar-refractivity contribution in [3.63, 3.8) is 0 Å². The van der Waals surface area contributed by atoms with Crippen LogP contribution in [0.15, 0.2) is 24.3 Å². The zero-order valence-corrected chi connectivity index (χ0v) is 9.91. The van der Waals surface area contributed by atoms with Gasteiger partial charge in [-0.2, -0.15) is 0 Å². The van der Waals surface area contributed by atoms with Crippen LogP contribution >= 0.6 is 0 Å². The number of nitrogens with two attached hydrogens (primary N) is 1. The van der Waals surface area contributed by atoms with Gasteiger partial charge in [0.25, 0.3) is 0 Å². The van der Waals surface area contributed by atoms with Crippen molar-refractivity contribution in [1.29, 1.82) is 0 Å². The molecule has 0 bridgehead atoms. The second-order valence-electron chi connectivity index (χ2n) is 5.27. The summed E-state index contributed by atoms with van der Waals surface area (Å²) < 4.78 is 0. The number of amides is 1. The van der Waals surface area contributed by atoms with E-state index in [1.807, 2.05) is 6.07 Å². The van der Waals surface area contributed by atoms with E-state index in [-0.39, 0.29) is 11.9 Å². The van der Waals surface area contributed by atoms with Crippen LogP contribution in [0.2, 0.25) is 0 Å². The van der Waals surface area contributed by atoms with Gasteiger partial charge in [-0.25, -0.2) is 0 Å². The van der Waals surface area contributed by atoms with E-state index in [0.29, 0.717) is 0 Å². The van der Waals surface area contributed by atoms with Crippen molar-refractivity contribution in [2.24, 2.45) is 5.73 Å². The lowest BCUT2D eigenvalue weighted by atomic mass is 9.77. The predicted octanol–water partition coefficient (Wildman–Crippen LogP) is 1.67. The van der Waals surface area contributed by atoms with Gasteiger partial charge in [0.05, 0.1) is 11.6 Å². The summed E-state index contributed by atoms with van der Waals surface area (Å²) in [7, 11) is 0. The summed E-state index contributed by atoms with van der Waals surface area (Å²) in [4.78, 5) is 12.1. The SMILES string of the molecule is NC1(C(=O)NC2CCc3ccccc32)CCC1. The summed E-state index contributed by atoms with van der Waals surface area (Å²) in [6, 6.07) is 8.50. The van der Waals surface area contributed by atoms with E-state index in [1.54, 1.807) is 0 Å². The Morgan fingerprint density at radius 1 is 1.35 bits per heavy atom. The molecule has 1 aromatic carbocycles. The average Bonchev–Trinajstić information content (AvgIpc) is 2.70. The van der Waals surface area contributed by atoms with Crippen molar-refractivity contribution in [3.05, 3.63) is 35.4 Å². The highest BCUT2D eigenvalue weighted by Gasteiger charge is 2.41. The lowest BCUT2D eigenvalue weighted by Crippen LogP contribution is -2.58. The standard InChI is InChI=1S/C14H18N2O/c15-14(8-3-9-14)13(17)16-12-7-6-10-4-1-2-5-11(10)12/h1-2,4-5,12H,3,6-9,15H2,(H,16,17). The van der Waals surface area contributed by atoms with Gasteiger partial charge in [-0.3, -0.25) is 4.79 Å². The highest BCUT2D eigenvalue weighted by molar-refractivity contribution is 5.87. The fourth-order valence-electron chi connectivity index (χ4n) is 2.79. The summed E-state index contributed by atoms with van der Waals surface area (Å²) in [6.07, 6.45) is 4.78. The molecular weight excluding hydrogens is 212 g/mol. The number of benzene rings is 1. The molecule has 2 aliphatic carbocycles. The van der Waals surface area contributed by atoms with E-state index in [4.69, 9.17) is 5.73 Å². The number of carbonyl (C=O) groups excluding carboxylic acids is 1. The van der Waals surface area contributed by atoms with Crippen LogP contribution in [0.1, 0.15) is 42.9 Å². The fourth-order valence-corrected chi connectivity index (χ4v) is 2.79. The molecule has 0 spiro atoms. The van der Waals surface area contributed by atoms with Gasteiger partial charge in [-0.15, -0.1) is 0 Å². The number of aryl methyl sites for hydroxylation is 1. The molecule has 0 aromatic heterocycles. The summed E-state index contributed by atoms with van der Waals surface area (Å²) in [6.45, 7) is 0. The van der Waals surface area contributed by atoms with Crippen molar-refractivity contribution in [2.45, 2.75) is 43.7 Å². The Morgan fingerprint density at radius 3 is 2.82 bits per heavy atom. The van der Waals surface area contributed by atoms with Crippen LogP contribution in [0.25, 0.3) is 0 Å². The Balaban J connectivity index is 1.73. The van der Waals surface area contributed by atoms with E-state index >= 15 is 0 Å². The minimum absolute atomic E-state index is 0.0328. The monoisotopic (exact) mass is 230 g/mol. The number of nitrogens with one attached hydrogen (secondary N) is 1. The van der Waals surface area contributed by atoms with Crippen molar-refractivity contribution in [2.75, 3.05) is 0 Å². The molecule has 1 saturated carbocycles. The molecular formula is C14H18N2O. The van der Waals surface area contributed by atoms with Crippen LogP contribution < -0.4 is 11.1 Å². The Morgan fingerprint density at radius 2 is 2.12 bits per heavy atom. The molecule has 1 aromatic rings. The maximum atomic E-state index is 12.1. The quantitative estimate of drug-likeness (QED) is 0.812. The Kier molecular flexibility index (Phi) is 2.44. The number of carbonyl (C=O) groups is 1. The van der Waals surface area contributed by atoms with Crippen LogP contribution in [0.3, 0.4) is 0 Å². The van der Waals surface area contributed by atoms with Crippen LogP contribution in [0.4, 0.5) is 0 Å². The molecule has 1 atom stereocenters. The summed E-state index contributed by atoms with van der Waals surface area (Å²) in [5, 5.41) is 3.11. The molecule has 3 heteroatoms. The second-order valence-corrected chi connectivity index (χ2v) is 5.27. The second kappa shape index (κ2) is 3.84. The molecule has 1 amide bonds. The first-order valence-corrected chi connectivity index (χ1v) is 6.37. The molecule has 0 aliphatic heterocycles. The maximum Gasteiger partial charge on any atom is 0.240 e. The number of hydrogen-bond acceptors (Lipinski definition) is 2. The third kappa shape index (κ3) is 1.75. The Labute approximate surface area is 101 Å². The topological polar surface area (TPSA) is 55.1 Å². The normalized spacial score (nSPS) is 24.9. The first kappa shape index (κ1) is 10.8. The van der Waals surface area contributed by atoms with Crippen LogP contribution in [0.5, 0.6) is 0 Å². The number of fused-ring (bicyclic) bond motifs is 1. The lowest BCUT2D eigenvalue weighted by molar-refractivity contribution is -0.130. The summed E-state index contributed by atoms with van der Waals surface area (Å²) >= 11 is 0. The van der Waals surface area contributed by atoms with Gasteiger partial charge < -0.3 is 11.1 Å². The third-order valence-corrected chi connectivity index (χ3v) is 4.14. The molecule has 0 saturated heterocycles. The van der Waals surface area contributed by atoms with Gasteiger partial charge in [-0.1, -0.05) is 24.3 Å². The summed E-state index contributed by atoms with van der Waals surface area (Å²) in [5.41, 5.74) is 8.07. The van der Waals surface area contributed by atoms with Crippen LogP contribution in [-0.4, -0.2) is 11.4 Å². The van der Waals surface area contributed by atoms with Crippen molar-refractivity contribution in [1.82, 2.24) is 5.32 Å². The zero-order chi connectivity index (χ0) is 11.9. The number of hydrogen-bond donors (Lipinski definition) is 2. The van der Waals surface area contributed by atoms with E-state index in [2.05, 4.69) is 23.5 Å². The van der Waals surface area contributed by atoms with Gasteiger partial charge in [0.1, 0.15) is 0 Å². The van der Waals surface area contributed by atoms with Gasteiger partial charge in [-0.05, 0) is 43.2 Å². The smallest absolute Gasteiger partial charge is 0.240 e. The van der Waals surface area contributed by atoms with Crippen LogP contribution in [-0.2, 0) is 11.2 Å². The predicted molar refractivity (Wildman–Crippen MR) is 66.4 cm³/mol. The van der Waals surface area contributed by atoms with Gasteiger partial charge in [0.2, 0.25) is 5.91 Å². The average molecular weight is 230 g/mol. The number of rotatable bonds is 2. The maximum absolute atomic E-state index is 12.1. The van der Waals surface area contributed by atoms with Gasteiger partial charge in [0, 0.05) is 0 Å². The Bertz CT molecular complexity index is 451. The molecule has 3 rings (SSSR count). The zero-order valence-electron chi connectivity index (χ0n) is 9.91. The first-order chi connectivity index (χ1) is 8.19.